The van der Waals surface area contributed by atoms with Crippen molar-refractivity contribution in [3.63, 3.8) is 0 Å². The van der Waals surface area contributed by atoms with Crippen molar-refractivity contribution in [3.8, 4) is 0 Å². The molecule has 1 aliphatic rings. The molecule has 1 heterocycles. The number of benzene rings is 2. The van der Waals surface area contributed by atoms with E-state index in [1.807, 2.05) is 49.3 Å². The summed E-state index contributed by atoms with van der Waals surface area (Å²) in [4.78, 5) is 2.39. The third-order valence-electron chi connectivity index (χ3n) is 4.69. The number of sulfonamides is 1. The average molecular weight is 362 g/mol. The predicted molar refractivity (Wildman–Crippen MR) is 100 cm³/mol. The average Bonchev–Trinajstić information content (AvgIpc) is 2.62. The van der Waals surface area contributed by atoms with E-state index in [-0.39, 0.29) is 6.04 Å². The van der Waals surface area contributed by atoms with Gasteiger partial charge in [0.25, 0.3) is 0 Å². The number of nitrogens with zero attached hydrogens (tertiary/aromatic N) is 2. The van der Waals surface area contributed by atoms with Crippen molar-refractivity contribution in [2.75, 3.05) is 40.4 Å². The molecule has 0 radical (unpaired) electrons. The molecule has 0 aromatic heterocycles. The molecule has 2 aromatic carbocycles. The van der Waals surface area contributed by atoms with Gasteiger partial charge in [0, 0.05) is 32.3 Å². The lowest BCUT2D eigenvalue weighted by atomic mass is 10.1. The van der Waals surface area contributed by atoms with Crippen LogP contribution in [0.15, 0.2) is 47.4 Å². The fourth-order valence-electron chi connectivity index (χ4n) is 3.23. The number of fused-ring (bicyclic) bond motifs is 1. The summed E-state index contributed by atoms with van der Waals surface area (Å²) in [6, 6.07) is 13.2. The van der Waals surface area contributed by atoms with Crippen LogP contribution < -0.4 is 0 Å². The molecular weight excluding hydrogens is 336 g/mol. The minimum Gasteiger partial charge on any atom is -0.381 e. The van der Waals surface area contributed by atoms with E-state index in [4.69, 9.17) is 4.74 Å². The third kappa shape index (κ3) is 4.20. The van der Waals surface area contributed by atoms with E-state index in [1.165, 1.54) is 0 Å². The van der Waals surface area contributed by atoms with Gasteiger partial charge in [-0.1, -0.05) is 30.3 Å². The molecule has 136 valence electrons. The molecule has 2 aromatic rings. The molecule has 1 saturated heterocycles. The van der Waals surface area contributed by atoms with Crippen LogP contribution >= 0.6 is 0 Å². The largest absolute Gasteiger partial charge is 0.381 e. The highest BCUT2D eigenvalue weighted by atomic mass is 32.2. The number of likely N-dealkylation sites (N-methyl/N-ethyl adjacent to an activating group) is 1. The zero-order valence-electron chi connectivity index (χ0n) is 14.9. The molecule has 3 rings (SSSR count). The van der Waals surface area contributed by atoms with Crippen LogP contribution in [-0.2, 0) is 14.8 Å². The molecule has 1 fully saturated rings. The van der Waals surface area contributed by atoms with Gasteiger partial charge >= 0.3 is 0 Å². The second-order valence-electron chi connectivity index (χ2n) is 6.77. The van der Waals surface area contributed by atoms with E-state index in [1.54, 1.807) is 16.4 Å². The van der Waals surface area contributed by atoms with Crippen LogP contribution in [0.4, 0.5) is 0 Å². The summed E-state index contributed by atoms with van der Waals surface area (Å²) in [5.74, 6) is 0. The molecule has 5 nitrogen and oxygen atoms in total. The molecule has 0 aliphatic carbocycles. The first kappa shape index (κ1) is 18.3. The fraction of sp³-hybridized carbons (Fsp3) is 0.474. The summed E-state index contributed by atoms with van der Waals surface area (Å²) in [5.41, 5.74) is 0. The summed E-state index contributed by atoms with van der Waals surface area (Å²) >= 11 is 0. The lowest BCUT2D eigenvalue weighted by Crippen LogP contribution is -2.46. The molecule has 0 spiro atoms. The van der Waals surface area contributed by atoms with E-state index in [2.05, 4.69) is 0 Å². The third-order valence-corrected chi connectivity index (χ3v) is 6.64. The lowest BCUT2D eigenvalue weighted by Gasteiger charge is -2.34. The Morgan fingerprint density at radius 3 is 2.36 bits per heavy atom. The Bertz CT molecular complexity index is 814. The Morgan fingerprint density at radius 1 is 1.00 bits per heavy atom. The normalized spacial score (nSPS) is 16.8. The van der Waals surface area contributed by atoms with Crippen LogP contribution in [0.5, 0.6) is 0 Å². The first-order valence-corrected chi connectivity index (χ1v) is 10.2. The predicted octanol–water partition coefficient (Wildman–Crippen LogP) is 2.57. The van der Waals surface area contributed by atoms with E-state index in [0.29, 0.717) is 31.2 Å². The smallest absolute Gasteiger partial charge is 0.243 e. The van der Waals surface area contributed by atoms with Gasteiger partial charge in [0.15, 0.2) is 0 Å². The van der Waals surface area contributed by atoms with Crippen LogP contribution in [0.2, 0.25) is 0 Å². The number of hydrogen-bond acceptors (Lipinski definition) is 4. The Kier molecular flexibility index (Phi) is 5.74. The van der Waals surface area contributed by atoms with Crippen molar-refractivity contribution in [1.29, 1.82) is 0 Å². The topological polar surface area (TPSA) is 49.9 Å². The van der Waals surface area contributed by atoms with E-state index >= 15 is 0 Å². The van der Waals surface area contributed by atoms with Gasteiger partial charge in [0.1, 0.15) is 0 Å². The highest BCUT2D eigenvalue weighted by Crippen LogP contribution is 2.26. The second kappa shape index (κ2) is 7.83. The van der Waals surface area contributed by atoms with Gasteiger partial charge in [0.2, 0.25) is 10.0 Å². The van der Waals surface area contributed by atoms with Gasteiger partial charge < -0.3 is 9.64 Å². The lowest BCUT2D eigenvalue weighted by molar-refractivity contribution is 0.0573. The van der Waals surface area contributed by atoms with E-state index in [9.17, 15) is 8.42 Å². The molecule has 6 heteroatoms. The Balaban J connectivity index is 1.95. The second-order valence-corrected chi connectivity index (χ2v) is 8.66. The first-order valence-electron chi connectivity index (χ1n) is 8.71. The molecule has 0 amide bonds. The minimum atomic E-state index is -3.54. The molecule has 1 aliphatic heterocycles. The van der Waals surface area contributed by atoms with Gasteiger partial charge in [-0.25, -0.2) is 8.42 Å². The maximum absolute atomic E-state index is 13.4. The van der Waals surface area contributed by atoms with Crippen molar-refractivity contribution in [2.45, 2.75) is 23.8 Å². The van der Waals surface area contributed by atoms with Crippen molar-refractivity contribution in [3.05, 3.63) is 42.5 Å². The number of hydrogen-bond donors (Lipinski definition) is 0. The molecule has 25 heavy (non-hydrogen) atoms. The summed E-state index contributed by atoms with van der Waals surface area (Å²) in [6.45, 7) is 2.43. The van der Waals surface area contributed by atoms with E-state index in [0.717, 1.165) is 23.6 Å². The van der Waals surface area contributed by atoms with Crippen LogP contribution in [0.3, 0.4) is 0 Å². The highest BCUT2D eigenvalue weighted by Gasteiger charge is 2.32. The van der Waals surface area contributed by atoms with Crippen molar-refractivity contribution in [1.82, 2.24) is 9.21 Å². The Labute approximate surface area is 150 Å². The maximum atomic E-state index is 13.4. The van der Waals surface area contributed by atoms with Gasteiger partial charge in [-0.2, -0.15) is 4.31 Å². The molecule has 0 saturated carbocycles. The van der Waals surface area contributed by atoms with Crippen LogP contribution in [0, 0.1) is 0 Å². The fourth-order valence-corrected chi connectivity index (χ4v) is 4.95. The molecule has 0 atom stereocenters. The molecule has 0 bridgehead atoms. The standard InChI is InChI=1S/C19H26N2O3S/c1-20(2)11-12-21(18-9-13-24-14-10-18)25(22,23)19-8-7-16-5-3-4-6-17(16)15-19/h3-8,15,18H,9-14H2,1-2H3. The molecule has 0 unspecified atom stereocenters. The zero-order chi connectivity index (χ0) is 17.9. The SMILES string of the molecule is CN(C)CCN(C1CCOCC1)S(=O)(=O)c1ccc2ccccc2c1. The summed E-state index contributed by atoms with van der Waals surface area (Å²) in [7, 11) is 0.389. The van der Waals surface area contributed by atoms with Crippen LogP contribution in [0.1, 0.15) is 12.8 Å². The van der Waals surface area contributed by atoms with Crippen molar-refractivity contribution >= 4 is 20.8 Å². The zero-order valence-corrected chi connectivity index (χ0v) is 15.7. The molecule has 0 N–H and O–H groups in total. The van der Waals surface area contributed by atoms with Gasteiger partial charge in [-0.15, -0.1) is 0 Å². The summed E-state index contributed by atoms with van der Waals surface area (Å²) in [5, 5.41) is 2.00. The van der Waals surface area contributed by atoms with Crippen LogP contribution in [0.25, 0.3) is 10.8 Å². The highest BCUT2D eigenvalue weighted by molar-refractivity contribution is 7.89. The first-order chi connectivity index (χ1) is 12.0. The van der Waals surface area contributed by atoms with Crippen molar-refractivity contribution in [2.24, 2.45) is 0 Å². The van der Waals surface area contributed by atoms with Gasteiger partial charge in [0.05, 0.1) is 4.90 Å². The quantitative estimate of drug-likeness (QED) is 0.792. The molecular formula is C19H26N2O3S. The summed E-state index contributed by atoms with van der Waals surface area (Å²) < 4.78 is 33.8. The van der Waals surface area contributed by atoms with Gasteiger partial charge in [-0.3, -0.25) is 0 Å². The maximum Gasteiger partial charge on any atom is 0.243 e. The Hall–Kier alpha value is -1.47. The van der Waals surface area contributed by atoms with Crippen molar-refractivity contribution < 1.29 is 13.2 Å². The number of rotatable bonds is 6. The Morgan fingerprint density at radius 2 is 1.68 bits per heavy atom. The summed E-state index contributed by atoms with van der Waals surface area (Å²) in [6.07, 6.45) is 1.50. The van der Waals surface area contributed by atoms with Gasteiger partial charge in [-0.05, 0) is 49.8 Å². The van der Waals surface area contributed by atoms with E-state index < -0.39 is 10.0 Å². The number of ether oxygens (including phenoxy) is 1. The van der Waals surface area contributed by atoms with Crippen LogP contribution in [-0.4, -0.2) is 64.1 Å². The minimum absolute atomic E-state index is 0.00479. The monoisotopic (exact) mass is 362 g/mol.